The molecule has 0 radical (unpaired) electrons. The minimum absolute atomic E-state index is 0.293. The highest BCUT2D eigenvalue weighted by Gasteiger charge is 2.44. The third kappa shape index (κ3) is 4.95. The predicted octanol–water partition coefficient (Wildman–Crippen LogP) is 6.86. The predicted molar refractivity (Wildman–Crippen MR) is 134 cm³/mol. The van der Waals surface area contributed by atoms with Gasteiger partial charge >= 0.3 is 0 Å². The van der Waals surface area contributed by atoms with E-state index in [9.17, 15) is 0 Å². The van der Waals surface area contributed by atoms with Gasteiger partial charge in [-0.3, -0.25) is 0 Å². The van der Waals surface area contributed by atoms with Crippen molar-refractivity contribution in [1.29, 1.82) is 0 Å². The Morgan fingerprint density at radius 1 is 0.971 bits per heavy atom. The molecular formula is C26H21Cl3N2O3. The van der Waals surface area contributed by atoms with Crippen molar-refractivity contribution >= 4 is 34.8 Å². The highest BCUT2D eigenvalue weighted by molar-refractivity contribution is 6.48. The van der Waals surface area contributed by atoms with Gasteiger partial charge in [-0.15, -0.1) is 0 Å². The van der Waals surface area contributed by atoms with Gasteiger partial charge in [-0.2, -0.15) is 0 Å². The van der Waals surface area contributed by atoms with E-state index >= 15 is 0 Å². The van der Waals surface area contributed by atoms with Crippen LogP contribution in [-0.2, 0) is 21.8 Å². The number of rotatable bonds is 7. The average Bonchev–Trinajstić information content (AvgIpc) is 3.53. The first-order chi connectivity index (χ1) is 16.5. The summed E-state index contributed by atoms with van der Waals surface area (Å²) in [7, 11) is 0. The standard InChI is InChI=1S/C26H21Cl3N2O3/c27-23-12-20(13-24(28)25(23)29)26(16-31-11-10-30-17-31)33-15-22(34-26)14-32-21-8-6-19(7-9-21)18-4-2-1-3-5-18/h1-13,17,22H,14-16H2/t22-,26+/m0/s1. The largest absolute Gasteiger partial charge is 0.491 e. The zero-order chi connectivity index (χ0) is 23.5. The molecule has 5 rings (SSSR count). The minimum Gasteiger partial charge on any atom is -0.491 e. The molecule has 0 N–H and O–H groups in total. The lowest BCUT2D eigenvalue weighted by Crippen LogP contribution is -2.34. The van der Waals surface area contributed by atoms with Crippen molar-refractivity contribution < 1.29 is 14.2 Å². The van der Waals surface area contributed by atoms with Crippen LogP contribution >= 0.6 is 34.8 Å². The van der Waals surface area contributed by atoms with Gasteiger partial charge in [-0.1, -0.05) is 77.3 Å². The molecule has 0 saturated carbocycles. The molecule has 0 spiro atoms. The Balaban J connectivity index is 1.31. The maximum absolute atomic E-state index is 6.42. The summed E-state index contributed by atoms with van der Waals surface area (Å²) in [6.45, 7) is 1.03. The van der Waals surface area contributed by atoms with E-state index in [0.29, 0.717) is 40.4 Å². The van der Waals surface area contributed by atoms with Crippen LogP contribution in [-0.4, -0.2) is 28.9 Å². The second-order valence-corrected chi connectivity index (χ2v) is 9.19. The maximum atomic E-state index is 6.42. The van der Waals surface area contributed by atoms with Crippen molar-refractivity contribution in [3.63, 3.8) is 0 Å². The Bertz CT molecular complexity index is 1230. The molecule has 0 aliphatic carbocycles. The normalized spacial score (nSPS) is 19.9. The highest BCUT2D eigenvalue weighted by atomic mass is 35.5. The van der Waals surface area contributed by atoms with Gasteiger partial charge in [-0.25, -0.2) is 4.98 Å². The third-order valence-electron chi connectivity index (χ3n) is 5.63. The molecule has 0 unspecified atom stereocenters. The second kappa shape index (κ2) is 9.98. The topological polar surface area (TPSA) is 45.5 Å². The van der Waals surface area contributed by atoms with E-state index in [0.717, 1.165) is 16.9 Å². The number of ether oxygens (including phenoxy) is 3. The van der Waals surface area contributed by atoms with E-state index in [1.165, 1.54) is 0 Å². The van der Waals surface area contributed by atoms with E-state index < -0.39 is 5.79 Å². The smallest absolute Gasteiger partial charge is 0.214 e. The van der Waals surface area contributed by atoms with Crippen LogP contribution < -0.4 is 4.74 Å². The molecule has 0 bridgehead atoms. The fourth-order valence-corrected chi connectivity index (χ4v) is 4.53. The molecule has 0 amide bonds. The summed E-state index contributed by atoms with van der Waals surface area (Å²) in [6, 6.07) is 21.6. The quantitative estimate of drug-likeness (QED) is 0.252. The Kier molecular flexibility index (Phi) is 6.82. The van der Waals surface area contributed by atoms with Gasteiger partial charge in [0.2, 0.25) is 5.79 Å². The van der Waals surface area contributed by atoms with E-state index in [4.69, 9.17) is 49.0 Å². The van der Waals surface area contributed by atoms with Crippen molar-refractivity contribution in [3.05, 3.63) is 106 Å². The number of aromatic nitrogens is 2. The Morgan fingerprint density at radius 3 is 2.35 bits per heavy atom. The summed E-state index contributed by atoms with van der Waals surface area (Å²) in [4.78, 5) is 4.12. The number of benzene rings is 3. The summed E-state index contributed by atoms with van der Waals surface area (Å²) >= 11 is 18.8. The molecule has 8 heteroatoms. The van der Waals surface area contributed by atoms with Crippen LogP contribution in [0.2, 0.25) is 15.1 Å². The number of imidazole rings is 1. The van der Waals surface area contributed by atoms with Crippen LogP contribution in [0, 0.1) is 0 Å². The maximum Gasteiger partial charge on any atom is 0.214 e. The van der Waals surface area contributed by atoms with Crippen LogP contribution in [0.15, 0.2) is 85.5 Å². The molecule has 5 nitrogen and oxygen atoms in total. The summed E-state index contributed by atoms with van der Waals surface area (Å²) in [5, 5.41) is 0.959. The van der Waals surface area contributed by atoms with Gasteiger partial charge in [0.1, 0.15) is 18.5 Å². The van der Waals surface area contributed by atoms with Gasteiger partial charge in [0, 0.05) is 18.0 Å². The molecule has 2 heterocycles. The molecule has 3 aromatic carbocycles. The Labute approximate surface area is 212 Å². The van der Waals surface area contributed by atoms with Crippen molar-refractivity contribution in [1.82, 2.24) is 9.55 Å². The second-order valence-electron chi connectivity index (χ2n) is 7.99. The SMILES string of the molecule is Clc1cc([C@]2(Cn3ccnc3)OC[C@H](COc3ccc(-c4ccccc4)cc3)O2)cc(Cl)c1Cl. The summed E-state index contributed by atoms with van der Waals surface area (Å²) in [5.41, 5.74) is 2.96. The van der Waals surface area contributed by atoms with Crippen LogP contribution in [0.1, 0.15) is 5.56 Å². The summed E-state index contributed by atoms with van der Waals surface area (Å²) < 4.78 is 20.5. The monoisotopic (exact) mass is 514 g/mol. The van der Waals surface area contributed by atoms with Gasteiger partial charge in [-0.05, 0) is 35.4 Å². The molecule has 1 aromatic heterocycles. The molecule has 1 saturated heterocycles. The van der Waals surface area contributed by atoms with Gasteiger partial charge in [0.25, 0.3) is 0 Å². The fourth-order valence-electron chi connectivity index (χ4n) is 3.93. The van der Waals surface area contributed by atoms with Crippen LogP contribution in [0.4, 0.5) is 0 Å². The minimum atomic E-state index is -1.11. The van der Waals surface area contributed by atoms with Crippen molar-refractivity contribution in [2.45, 2.75) is 18.4 Å². The fraction of sp³-hybridized carbons (Fsp3) is 0.192. The average molecular weight is 516 g/mol. The molecule has 4 aromatic rings. The van der Waals surface area contributed by atoms with Crippen LogP contribution in [0.25, 0.3) is 11.1 Å². The number of nitrogens with zero attached hydrogens (tertiary/aromatic N) is 2. The zero-order valence-corrected chi connectivity index (χ0v) is 20.3. The van der Waals surface area contributed by atoms with Crippen molar-refractivity contribution in [3.8, 4) is 16.9 Å². The number of hydrogen-bond donors (Lipinski definition) is 0. The summed E-state index contributed by atoms with van der Waals surface area (Å²) in [5.74, 6) is -0.350. The van der Waals surface area contributed by atoms with Crippen LogP contribution in [0.5, 0.6) is 5.75 Å². The van der Waals surface area contributed by atoms with Gasteiger partial charge < -0.3 is 18.8 Å². The Hall–Kier alpha value is -2.54. The van der Waals surface area contributed by atoms with Crippen molar-refractivity contribution in [2.75, 3.05) is 13.2 Å². The highest BCUT2D eigenvalue weighted by Crippen LogP contribution is 2.41. The van der Waals surface area contributed by atoms with E-state index in [1.807, 2.05) is 53.2 Å². The molecule has 34 heavy (non-hydrogen) atoms. The third-order valence-corrected chi connectivity index (χ3v) is 6.83. The van der Waals surface area contributed by atoms with Gasteiger partial charge in [0.15, 0.2) is 0 Å². The molecule has 174 valence electrons. The van der Waals surface area contributed by atoms with E-state index in [2.05, 4.69) is 17.1 Å². The summed E-state index contributed by atoms with van der Waals surface area (Å²) in [6.07, 6.45) is 4.94. The van der Waals surface area contributed by atoms with Gasteiger partial charge in [0.05, 0.1) is 34.5 Å². The van der Waals surface area contributed by atoms with Crippen molar-refractivity contribution in [2.24, 2.45) is 0 Å². The zero-order valence-electron chi connectivity index (χ0n) is 18.0. The molecule has 1 aliphatic heterocycles. The lowest BCUT2D eigenvalue weighted by Gasteiger charge is -2.29. The number of hydrogen-bond acceptors (Lipinski definition) is 4. The molecular weight excluding hydrogens is 495 g/mol. The molecule has 1 fully saturated rings. The number of halogens is 3. The lowest BCUT2D eigenvalue weighted by atomic mass is 10.1. The van der Waals surface area contributed by atoms with Crippen LogP contribution in [0.3, 0.4) is 0 Å². The van der Waals surface area contributed by atoms with E-state index in [-0.39, 0.29) is 6.10 Å². The van der Waals surface area contributed by atoms with E-state index in [1.54, 1.807) is 24.7 Å². The first kappa shape index (κ1) is 23.2. The lowest BCUT2D eigenvalue weighted by molar-refractivity contribution is -0.189. The first-order valence-corrected chi connectivity index (χ1v) is 11.9. The molecule has 2 atom stereocenters. The molecule has 1 aliphatic rings. The Morgan fingerprint density at radius 2 is 1.68 bits per heavy atom. The first-order valence-electron chi connectivity index (χ1n) is 10.7.